The highest BCUT2D eigenvalue weighted by Crippen LogP contribution is 2.17. The van der Waals surface area contributed by atoms with Crippen molar-refractivity contribution in [1.82, 2.24) is 14.9 Å². The van der Waals surface area contributed by atoms with Crippen molar-refractivity contribution in [1.29, 1.82) is 0 Å². The van der Waals surface area contributed by atoms with Gasteiger partial charge in [0.2, 0.25) is 0 Å². The zero-order chi connectivity index (χ0) is 19.1. The second-order valence-electron chi connectivity index (χ2n) is 5.88. The number of hydrogen-bond donors (Lipinski definition) is 0. The van der Waals surface area contributed by atoms with Crippen LogP contribution in [0.15, 0.2) is 65.8 Å². The van der Waals surface area contributed by atoms with Gasteiger partial charge in [-0.25, -0.2) is 18.8 Å². The zero-order valence-corrected chi connectivity index (χ0v) is 14.7. The van der Waals surface area contributed by atoms with Crippen LogP contribution in [-0.2, 0) is 13.2 Å². The van der Waals surface area contributed by atoms with Crippen LogP contribution in [0.3, 0.4) is 0 Å². The summed E-state index contributed by atoms with van der Waals surface area (Å²) in [6, 6.07) is 15.7. The summed E-state index contributed by atoms with van der Waals surface area (Å²) in [4.78, 5) is 13.7. The highest BCUT2D eigenvalue weighted by atomic mass is 19.1. The lowest BCUT2D eigenvalue weighted by molar-refractivity contribution is 0.279. The lowest BCUT2D eigenvalue weighted by Gasteiger charge is -2.12. The third-order valence-electron chi connectivity index (χ3n) is 3.64. The maximum absolute atomic E-state index is 13.9. The smallest absolute Gasteiger partial charge is 0.318 e. The summed E-state index contributed by atoms with van der Waals surface area (Å²) in [5.41, 5.74) is 1.86. The van der Waals surface area contributed by atoms with E-state index in [9.17, 15) is 8.78 Å². The van der Waals surface area contributed by atoms with Crippen LogP contribution < -0.4 is 4.74 Å². The number of benzene rings is 2. The van der Waals surface area contributed by atoms with Gasteiger partial charge in [0.15, 0.2) is 11.6 Å². The first kappa shape index (κ1) is 18.4. The van der Waals surface area contributed by atoms with Gasteiger partial charge in [0.1, 0.15) is 12.4 Å². The number of aromatic nitrogens is 2. The highest BCUT2D eigenvalue weighted by Gasteiger charge is 2.07. The molecule has 0 saturated heterocycles. The van der Waals surface area contributed by atoms with Crippen molar-refractivity contribution in [3.63, 3.8) is 0 Å². The summed E-state index contributed by atoms with van der Waals surface area (Å²) in [5, 5.41) is 0. The second kappa shape index (κ2) is 8.84. The fourth-order valence-electron chi connectivity index (χ4n) is 2.30. The van der Waals surface area contributed by atoms with Crippen LogP contribution >= 0.6 is 0 Å². The molecule has 0 radical (unpaired) electrons. The van der Waals surface area contributed by atoms with Crippen LogP contribution in [0, 0.1) is 11.6 Å². The molecular formula is C20H18F2N4O. The molecule has 0 unspecified atom stereocenters. The minimum Gasteiger partial charge on any atom is -0.459 e. The number of nitrogens with zero attached hydrogens (tertiary/aromatic N) is 4. The number of rotatable bonds is 7. The Bertz CT molecular complexity index is 902. The number of hydrogen-bond acceptors (Lipinski definition) is 4. The lowest BCUT2D eigenvalue weighted by atomic mass is 10.2. The van der Waals surface area contributed by atoms with E-state index >= 15 is 0 Å². The van der Waals surface area contributed by atoms with Gasteiger partial charge in [-0.05, 0) is 23.3 Å². The lowest BCUT2D eigenvalue weighted by Crippen LogP contribution is -2.15. The number of aliphatic imine (C=N–C) groups is 1. The van der Waals surface area contributed by atoms with Crippen molar-refractivity contribution in [2.45, 2.75) is 13.2 Å². The van der Waals surface area contributed by atoms with E-state index < -0.39 is 5.82 Å². The number of halogens is 2. The van der Waals surface area contributed by atoms with Crippen molar-refractivity contribution < 1.29 is 13.5 Å². The Labute approximate surface area is 156 Å². The minimum absolute atomic E-state index is 0.00131. The molecule has 2 aromatic carbocycles. The fraction of sp³-hybridized carbons (Fsp3) is 0.150. The molecule has 7 heteroatoms. The van der Waals surface area contributed by atoms with Gasteiger partial charge in [-0.3, -0.25) is 0 Å². The molecule has 3 aromatic rings. The van der Waals surface area contributed by atoms with Crippen molar-refractivity contribution >= 4 is 12.2 Å². The van der Waals surface area contributed by atoms with Crippen LogP contribution in [0.1, 0.15) is 11.1 Å². The van der Waals surface area contributed by atoms with Gasteiger partial charge in [0.05, 0.1) is 12.5 Å². The largest absolute Gasteiger partial charge is 0.459 e. The summed E-state index contributed by atoms with van der Waals surface area (Å²) in [6.45, 7) is 0.772. The third kappa shape index (κ3) is 5.57. The molecule has 1 heterocycles. The van der Waals surface area contributed by atoms with Crippen LogP contribution in [0.4, 0.5) is 14.6 Å². The standard InChI is InChI=1S/C20H18F2N4O/c1-26(12-15-5-3-2-4-6-15)14-24-19-18(22)11-23-20(25-19)27-13-16-7-9-17(21)10-8-16/h2-11,14H,12-13H2,1H3/b24-14+. The molecule has 5 nitrogen and oxygen atoms in total. The minimum atomic E-state index is -0.645. The Morgan fingerprint density at radius 3 is 2.52 bits per heavy atom. The molecule has 0 aliphatic rings. The van der Waals surface area contributed by atoms with Crippen LogP contribution in [0.5, 0.6) is 6.01 Å². The van der Waals surface area contributed by atoms with Crippen LogP contribution in [0.25, 0.3) is 0 Å². The summed E-state index contributed by atoms with van der Waals surface area (Å²) in [7, 11) is 1.83. The molecular weight excluding hydrogens is 350 g/mol. The summed E-state index contributed by atoms with van der Waals surface area (Å²) >= 11 is 0. The molecule has 0 aliphatic carbocycles. The van der Waals surface area contributed by atoms with E-state index in [4.69, 9.17) is 4.74 Å². The van der Waals surface area contributed by atoms with Crippen LogP contribution in [0.2, 0.25) is 0 Å². The zero-order valence-electron chi connectivity index (χ0n) is 14.7. The molecule has 0 N–H and O–H groups in total. The van der Waals surface area contributed by atoms with E-state index in [1.54, 1.807) is 12.1 Å². The molecule has 0 amide bonds. The first-order valence-electron chi connectivity index (χ1n) is 8.28. The predicted octanol–water partition coefficient (Wildman–Crippen LogP) is 4.13. The highest BCUT2D eigenvalue weighted by molar-refractivity contribution is 5.59. The van der Waals surface area contributed by atoms with E-state index in [2.05, 4.69) is 15.0 Å². The third-order valence-corrected chi connectivity index (χ3v) is 3.64. The van der Waals surface area contributed by atoms with Crippen molar-refractivity contribution in [2.24, 2.45) is 4.99 Å². The van der Waals surface area contributed by atoms with Gasteiger partial charge >= 0.3 is 6.01 Å². The van der Waals surface area contributed by atoms with Gasteiger partial charge in [-0.15, -0.1) is 0 Å². The predicted molar refractivity (Wildman–Crippen MR) is 98.8 cm³/mol. The maximum Gasteiger partial charge on any atom is 0.318 e. The van der Waals surface area contributed by atoms with Crippen molar-refractivity contribution in [2.75, 3.05) is 7.05 Å². The Morgan fingerprint density at radius 2 is 1.78 bits per heavy atom. The molecule has 0 bridgehead atoms. The second-order valence-corrected chi connectivity index (χ2v) is 5.88. The fourth-order valence-corrected chi connectivity index (χ4v) is 2.30. The SMILES string of the molecule is CN(/C=N/c1nc(OCc2ccc(F)cc2)ncc1F)Cc1ccccc1. The molecule has 0 aliphatic heterocycles. The molecule has 3 rings (SSSR count). The molecule has 27 heavy (non-hydrogen) atoms. The molecule has 138 valence electrons. The first-order valence-corrected chi connectivity index (χ1v) is 8.28. The molecule has 0 spiro atoms. The average Bonchev–Trinajstić information content (AvgIpc) is 2.68. The van der Waals surface area contributed by atoms with Crippen LogP contribution in [-0.4, -0.2) is 28.3 Å². The van der Waals surface area contributed by atoms with Gasteiger partial charge in [0.25, 0.3) is 0 Å². The normalized spacial score (nSPS) is 10.9. The van der Waals surface area contributed by atoms with Gasteiger partial charge in [-0.1, -0.05) is 42.5 Å². The van der Waals surface area contributed by atoms with Gasteiger partial charge in [0, 0.05) is 13.6 Å². The van der Waals surface area contributed by atoms with Crippen molar-refractivity contribution in [3.05, 3.63) is 83.6 Å². The van der Waals surface area contributed by atoms with E-state index in [1.807, 2.05) is 42.3 Å². The number of ether oxygens (including phenoxy) is 1. The Morgan fingerprint density at radius 1 is 1.04 bits per heavy atom. The molecule has 1 aromatic heterocycles. The summed E-state index contributed by atoms with van der Waals surface area (Å²) in [5.74, 6) is -1.08. The Balaban J connectivity index is 1.63. The van der Waals surface area contributed by atoms with Crippen molar-refractivity contribution in [3.8, 4) is 6.01 Å². The summed E-state index contributed by atoms with van der Waals surface area (Å²) in [6.07, 6.45) is 2.51. The topological polar surface area (TPSA) is 50.6 Å². The first-order chi connectivity index (χ1) is 13.1. The quantitative estimate of drug-likeness (QED) is 0.465. The van der Waals surface area contributed by atoms with E-state index in [1.165, 1.54) is 18.5 Å². The Hall–Kier alpha value is -3.35. The Kier molecular flexibility index (Phi) is 6.04. The maximum atomic E-state index is 13.9. The van der Waals surface area contributed by atoms with Gasteiger partial charge < -0.3 is 9.64 Å². The monoisotopic (exact) mass is 368 g/mol. The van der Waals surface area contributed by atoms with E-state index in [0.29, 0.717) is 6.54 Å². The average molecular weight is 368 g/mol. The van der Waals surface area contributed by atoms with E-state index in [-0.39, 0.29) is 24.3 Å². The summed E-state index contributed by atoms with van der Waals surface area (Å²) < 4.78 is 32.2. The van der Waals surface area contributed by atoms with Gasteiger partial charge in [-0.2, -0.15) is 4.98 Å². The molecule has 0 saturated carbocycles. The molecule has 0 fully saturated rings. The van der Waals surface area contributed by atoms with E-state index in [0.717, 1.165) is 17.3 Å². The molecule has 0 atom stereocenters.